The van der Waals surface area contributed by atoms with Gasteiger partial charge in [-0.3, -0.25) is 0 Å². The second-order valence-corrected chi connectivity index (χ2v) is 1.29. The van der Waals surface area contributed by atoms with Crippen LogP contribution in [0.1, 0.15) is 26.7 Å². The minimum Gasteiger partial charge on any atom is -0.197 e. The molecule has 0 unspecified atom stereocenters. The maximum absolute atomic E-state index is 2.18. The quantitative estimate of drug-likeness (QED) is 0.489. The lowest BCUT2D eigenvalue weighted by atomic mass is 10.4. The first kappa shape index (κ1) is 10.1. The van der Waals surface area contributed by atoms with Crippen molar-refractivity contribution < 1.29 is 0 Å². The number of hydrogen-bond donors (Lipinski definition) is 0. The Labute approximate surface area is 53.1 Å². The Balaban J connectivity index is 0. The van der Waals surface area contributed by atoms with Crippen molar-refractivity contribution in [3.8, 4) is 0 Å². The summed E-state index contributed by atoms with van der Waals surface area (Å²) >= 11 is 0. The van der Waals surface area contributed by atoms with Gasteiger partial charge in [-0.15, -0.1) is 0 Å². The van der Waals surface area contributed by atoms with Crippen LogP contribution in [0.3, 0.4) is 0 Å². The van der Waals surface area contributed by atoms with Crippen molar-refractivity contribution in [3.05, 3.63) is 12.2 Å². The first-order valence-electron chi connectivity index (χ1n) is 2.56. The lowest BCUT2D eigenvalue weighted by Gasteiger charge is -1.72. The molecule has 0 nitrogen and oxygen atoms in total. The van der Waals surface area contributed by atoms with Gasteiger partial charge in [0.15, 0.2) is 0 Å². The number of allylic oxidation sites excluding steroid dienone is 2. The van der Waals surface area contributed by atoms with Crippen LogP contribution >= 0.6 is 13.5 Å². The van der Waals surface area contributed by atoms with Crippen LogP contribution in [0.2, 0.25) is 0 Å². The van der Waals surface area contributed by atoms with Crippen molar-refractivity contribution in [2.45, 2.75) is 26.7 Å². The number of rotatable bonds is 2. The third kappa shape index (κ3) is 10.7. The van der Waals surface area contributed by atoms with Crippen LogP contribution in [0.4, 0.5) is 0 Å². The molecule has 0 aliphatic carbocycles. The molecule has 0 bridgehead atoms. The zero-order valence-corrected chi connectivity index (χ0v) is 6.07. The topological polar surface area (TPSA) is 0 Å². The molecule has 0 amide bonds. The molecule has 0 spiro atoms. The molecule has 0 aromatic rings. The van der Waals surface area contributed by atoms with Crippen molar-refractivity contribution in [1.29, 1.82) is 0 Å². The zero-order valence-electron chi connectivity index (χ0n) is 5.07. The van der Waals surface area contributed by atoms with Crippen molar-refractivity contribution in [1.82, 2.24) is 0 Å². The van der Waals surface area contributed by atoms with Crippen LogP contribution in [0.25, 0.3) is 0 Å². The average molecular weight is 118 g/mol. The van der Waals surface area contributed by atoms with E-state index in [1.54, 1.807) is 0 Å². The molecule has 0 saturated carbocycles. The van der Waals surface area contributed by atoms with Crippen LogP contribution < -0.4 is 0 Å². The van der Waals surface area contributed by atoms with Crippen LogP contribution in [0, 0.1) is 0 Å². The summed E-state index contributed by atoms with van der Waals surface area (Å²) in [5, 5.41) is 0. The number of hydrogen-bond acceptors (Lipinski definition) is 0. The second-order valence-electron chi connectivity index (χ2n) is 1.29. The van der Waals surface area contributed by atoms with Gasteiger partial charge in [-0.1, -0.05) is 26.0 Å². The monoisotopic (exact) mass is 118 g/mol. The molecule has 0 rings (SSSR count). The predicted octanol–water partition coefficient (Wildman–Crippen LogP) is 2.48. The maximum atomic E-state index is 2.18. The van der Waals surface area contributed by atoms with E-state index in [0.717, 1.165) is 0 Å². The summed E-state index contributed by atoms with van der Waals surface area (Å²) in [7, 11) is 0. The minimum absolute atomic E-state index is 0. The van der Waals surface area contributed by atoms with E-state index in [9.17, 15) is 0 Å². The van der Waals surface area contributed by atoms with Gasteiger partial charge in [0.1, 0.15) is 0 Å². The van der Waals surface area contributed by atoms with E-state index in [-0.39, 0.29) is 13.5 Å². The standard InChI is InChI=1S/C6H12.H2S/c1-3-5-6-4-2;/h5-6H,3-4H2,1-2H3;1H2/b6-5+;. The van der Waals surface area contributed by atoms with Gasteiger partial charge in [0.05, 0.1) is 0 Å². The smallest absolute Gasteiger partial charge is 0.0379 e. The average Bonchev–Trinajstić information content (AvgIpc) is 1.61. The van der Waals surface area contributed by atoms with Gasteiger partial charge in [-0.25, -0.2) is 0 Å². The highest BCUT2D eigenvalue weighted by Gasteiger charge is 1.60. The summed E-state index contributed by atoms with van der Waals surface area (Å²) < 4.78 is 0. The van der Waals surface area contributed by atoms with Crippen molar-refractivity contribution in [2.24, 2.45) is 0 Å². The van der Waals surface area contributed by atoms with Crippen molar-refractivity contribution >= 4 is 13.5 Å². The molecule has 0 fully saturated rings. The molecule has 0 heterocycles. The molecular weight excluding hydrogens is 104 g/mol. The Hall–Kier alpha value is 0.0900. The van der Waals surface area contributed by atoms with Crippen LogP contribution in [-0.2, 0) is 0 Å². The molecule has 0 radical (unpaired) electrons. The van der Waals surface area contributed by atoms with E-state index in [2.05, 4.69) is 26.0 Å². The summed E-state index contributed by atoms with van der Waals surface area (Å²) in [5.41, 5.74) is 0. The minimum atomic E-state index is 0. The molecular formula is C6H14S. The fourth-order valence-electron chi connectivity index (χ4n) is 0.333. The van der Waals surface area contributed by atoms with Crippen molar-refractivity contribution in [3.63, 3.8) is 0 Å². The molecule has 0 atom stereocenters. The molecule has 0 aliphatic rings. The molecule has 0 aromatic carbocycles. The second kappa shape index (κ2) is 9.43. The Morgan fingerprint density at radius 3 is 1.43 bits per heavy atom. The summed E-state index contributed by atoms with van der Waals surface area (Å²) in [6.45, 7) is 4.29. The van der Waals surface area contributed by atoms with Gasteiger partial charge < -0.3 is 0 Å². The van der Waals surface area contributed by atoms with Gasteiger partial charge >= 0.3 is 0 Å². The Morgan fingerprint density at radius 1 is 1.00 bits per heavy atom. The van der Waals surface area contributed by atoms with Gasteiger partial charge in [0, 0.05) is 0 Å². The highest BCUT2D eigenvalue weighted by molar-refractivity contribution is 7.59. The largest absolute Gasteiger partial charge is 0.197 e. The molecule has 0 saturated heterocycles. The van der Waals surface area contributed by atoms with Crippen LogP contribution in [0.5, 0.6) is 0 Å². The molecule has 0 aromatic heterocycles. The van der Waals surface area contributed by atoms with Crippen LogP contribution in [-0.4, -0.2) is 0 Å². The summed E-state index contributed by atoms with van der Waals surface area (Å²) in [4.78, 5) is 0. The van der Waals surface area contributed by atoms with Gasteiger partial charge in [0.25, 0.3) is 0 Å². The first-order chi connectivity index (χ1) is 2.91. The fraction of sp³-hybridized carbons (Fsp3) is 0.667. The maximum Gasteiger partial charge on any atom is -0.0379 e. The molecule has 7 heavy (non-hydrogen) atoms. The highest BCUT2D eigenvalue weighted by atomic mass is 32.1. The van der Waals surface area contributed by atoms with Crippen molar-refractivity contribution in [2.75, 3.05) is 0 Å². The Bertz CT molecular complexity index is 33.4. The molecule has 1 heteroatoms. The van der Waals surface area contributed by atoms with E-state index in [1.807, 2.05) is 0 Å². The van der Waals surface area contributed by atoms with Crippen LogP contribution in [0.15, 0.2) is 12.2 Å². The van der Waals surface area contributed by atoms with E-state index >= 15 is 0 Å². The Morgan fingerprint density at radius 2 is 1.29 bits per heavy atom. The van der Waals surface area contributed by atoms with Gasteiger partial charge in [0.2, 0.25) is 0 Å². The molecule has 44 valence electrons. The SMILES string of the molecule is CC/C=C/CC.S. The highest BCUT2D eigenvalue weighted by Crippen LogP contribution is 1.81. The zero-order chi connectivity index (χ0) is 4.83. The van der Waals surface area contributed by atoms with Gasteiger partial charge in [-0.05, 0) is 12.8 Å². The van der Waals surface area contributed by atoms with E-state index in [4.69, 9.17) is 0 Å². The lowest BCUT2D eigenvalue weighted by molar-refractivity contribution is 1.16. The summed E-state index contributed by atoms with van der Waals surface area (Å²) in [6, 6.07) is 0. The molecule has 0 aliphatic heterocycles. The Kier molecular flexibility index (Phi) is 13.7. The van der Waals surface area contributed by atoms with Gasteiger partial charge in [-0.2, -0.15) is 13.5 Å². The third-order valence-electron chi connectivity index (χ3n) is 0.638. The lowest BCUT2D eigenvalue weighted by Crippen LogP contribution is -1.51. The van der Waals surface area contributed by atoms with E-state index < -0.39 is 0 Å². The summed E-state index contributed by atoms with van der Waals surface area (Å²) in [5.74, 6) is 0. The van der Waals surface area contributed by atoms with E-state index in [1.165, 1.54) is 12.8 Å². The summed E-state index contributed by atoms with van der Waals surface area (Å²) in [6.07, 6.45) is 6.71. The van der Waals surface area contributed by atoms with E-state index in [0.29, 0.717) is 0 Å². The third-order valence-corrected chi connectivity index (χ3v) is 0.638. The fourth-order valence-corrected chi connectivity index (χ4v) is 0.333. The first-order valence-corrected chi connectivity index (χ1v) is 2.56. The normalized spacial score (nSPS) is 8.86. The molecule has 0 N–H and O–H groups in total. The predicted molar refractivity (Wildman–Crippen MR) is 40.1 cm³/mol.